The Morgan fingerprint density at radius 2 is 1.92 bits per heavy atom. The first kappa shape index (κ1) is 16.5. The molecule has 7 heteroatoms. The molecular weight excluding hydrogens is 321 g/mol. The number of carbonyl (C=O) groups is 1. The largest absolute Gasteiger partial charge is 0.307 e. The fraction of sp³-hybridized carbons (Fsp3) is 0.111. The zero-order valence-corrected chi connectivity index (χ0v) is 13.8. The van der Waals surface area contributed by atoms with Gasteiger partial charge in [0.25, 0.3) is 0 Å². The van der Waals surface area contributed by atoms with Crippen molar-refractivity contribution in [2.24, 2.45) is 0 Å². The Morgan fingerprint density at radius 1 is 1.16 bits per heavy atom. The average Bonchev–Trinajstić information content (AvgIpc) is 2.93. The van der Waals surface area contributed by atoms with Gasteiger partial charge in [0.15, 0.2) is 5.82 Å². The lowest BCUT2D eigenvalue weighted by Gasteiger charge is -2.05. The fourth-order valence-electron chi connectivity index (χ4n) is 2.31. The van der Waals surface area contributed by atoms with E-state index in [9.17, 15) is 9.18 Å². The minimum absolute atomic E-state index is 0.320. The van der Waals surface area contributed by atoms with Crippen molar-refractivity contribution in [1.29, 1.82) is 0 Å². The van der Waals surface area contributed by atoms with Crippen LogP contribution in [-0.2, 0) is 4.79 Å². The molecule has 0 bridgehead atoms. The lowest BCUT2D eigenvalue weighted by molar-refractivity contribution is -0.111. The predicted molar refractivity (Wildman–Crippen MR) is 92.7 cm³/mol. The number of carbonyl (C=O) groups excluding carboxylic acids is 1. The summed E-state index contributed by atoms with van der Waals surface area (Å²) in [6.07, 6.45) is 4.32. The Morgan fingerprint density at radius 3 is 2.60 bits per heavy atom. The van der Waals surface area contributed by atoms with E-state index in [0.717, 1.165) is 17.0 Å². The second-order valence-corrected chi connectivity index (χ2v) is 5.47. The normalized spacial score (nSPS) is 11.0. The van der Waals surface area contributed by atoms with Gasteiger partial charge in [-0.1, -0.05) is 12.1 Å². The maximum absolute atomic E-state index is 12.9. The van der Waals surface area contributed by atoms with Crippen LogP contribution >= 0.6 is 0 Å². The minimum atomic E-state index is -0.345. The third-order valence-corrected chi connectivity index (χ3v) is 3.43. The van der Waals surface area contributed by atoms with Crippen LogP contribution in [0.15, 0.2) is 48.8 Å². The van der Waals surface area contributed by atoms with E-state index in [4.69, 9.17) is 0 Å². The van der Waals surface area contributed by atoms with Crippen LogP contribution in [0.4, 0.5) is 10.2 Å². The first-order valence-electron chi connectivity index (χ1n) is 7.61. The van der Waals surface area contributed by atoms with Crippen molar-refractivity contribution in [1.82, 2.24) is 19.7 Å². The zero-order chi connectivity index (χ0) is 17.8. The number of anilines is 1. The van der Waals surface area contributed by atoms with Gasteiger partial charge in [-0.25, -0.2) is 19.0 Å². The van der Waals surface area contributed by atoms with Gasteiger partial charge in [-0.2, -0.15) is 5.10 Å². The molecule has 0 unspecified atom stereocenters. The molecule has 3 rings (SSSR count). The first-order chi connectivity index (χ1) is 12.0. The Kier molecular flexibility index (Phi) is 4.65. The van der Waals surface area contributed by atoms with Crippen LogP contribution in [0.5, 0.6) is 0 Å². The highest BCUT2D eigenvalue weighted by Gasteiger charge is 2.07. The number of aromatic nitrogens is 4. The second kappa shape index (κ2) is 7.04. The third-order valence-electron chi connectivity index (χ3n) is 3.43. The van der Waals surface area contributed by atoms with E-state index < -0.39 is 0 Å². The Bertz CT molecular complexity index is 931. The highest BCUT2D eigenvalue weighted by Crippen LogP contribution is 2.12. The van der Waals surface area contributed by atoms with Gasteiger partial charge in [-0.05, 0) is 43.7 Å². The molecule has 3 aromatic rings. The molecule has 0 saturated heterocycles. The van der Waals surface area contributed by atoms with Gasteiger partial charge in [0.05, 0.1) is 5.69 Å². The number of hydrogen-bond donors (Lipinski definition) is 1. The molecule has 126 valence electrons. The molecule has 1 N–H and O–H groups in total. The molecule has 6 nitrogen and oxygen atoms in total. The Labute approximate surface area is 144 Å². The number of amides is 1. The number of nitrogens with one attached hydrogen (secondary N) is 1. The van der Waals surface area contributed by atoms with Crippen molar-refractivity contribution in [3.8, 4) is 5.82 Å². The van der Waals surface area contributed by atoms with Crippen LogP contribution in [0, 0.1) is 19.7 Å². The van der Waals surface area contributed by atoms with E-state index in [1.165, 1.54) is 24.5 Å². The molecule has 0 aliphatic heterocycles. The number of benzene rings is 1. The van der Waals surface area contributed by atoms with Crippen molar-refractivity contribution in [3.63, 3.8) is 0 Å². The number of rotatable bonds is 4. The van der Waals surface area contributed by atoms with Crippen molar-refractivity contribution < 1.29 is 9.18 Å². The van der Waals surface area contributed by atoms with Gasteiger partial charge in [-0.15, -0.1) is 0 Å². The quantitative estimate of drug-likeness (QED) is 0.743. The summed E-state index contributed by atoms with van der Waals surface area (Å²) in [7, 11) is 0. The van der Waals surface area contributed by atoms with Gasteiger partial charge in [0.2, 0.25) is 5.91 Å². The van der Waals surface area contributed by atoms with Crippen LogP contribution in [0.25, 0.3) is 11.9 Å². The maximum Gasteiger partial charge on any atom is 0.249 e. The van der Waals surface area contributed by atoms with Crippen molar-refractivity contribution in [2.45, 2.75) is 13.8 Å². The summed E-state index contributed by atoms with van der Waals surface area (Å²) in [5, 5.41) is 7.02. The number of nitrogens with zero attached hydrogens (tertiary/aromatic N) is 4. The van der Waals surface area contributed by atoms with Gasteiger partial charge >= 0.3 is 0 Å². The van der Waals surface area contributed by atoms with E-state index in [0.29, 0.717) is 11.6 Å². The van der Waals surface area contributed by atoms with Gasteiger partial charge in [0.1, 0.15) is 18.0 Å². The third kappa shape index (κ3) is 4.14. The van der Waals surface area contributed by atoms with E-state index in [1.54, 1.807) is 29.0 Å². The summed E-state index contributed by atoms with van der Waals surface area (Å²) >= 11 is 0. The Balaban J connectivity index is 1.72. The maximum atomic E-state index is 12.9. The van der Waals surface area contributed by atoms with Crippen LogP contribution < -0.4 is 5.32 Å². The molecule has 1 aromatic carbocycles. The number of halogens is 1. The molecule has 25 heavy (non-hydrogen) atoms. The highest BCUT2D eigenvalue weighted by molar-refractivity contribution is 6.01. The summed E-state index contributed by atoms with van der Waals surface area (Å²) in [5.74, 6) is 0.270. The summed E-state index contributed by atoms with van der Waals surface area (Å²) in [6.45, 7) is 3.82. The Hall–Kier alpha value is -3.35. The number of aryl methyl sites for hydroxylation is 2. The van der Waals surface area contributed by atoms with Crippen molar-refractivity contribution in [3.05, 3.63) is 71.6 Å². The molecule has 0 atom stereocenters. The SMILES string of the molecule is Cc1cc(C)n(-c2cc(NC(=O)C=Cc3ccc(F)cc3)ncn2)n1. The zero-order valence-electron chi connectivity index (χ0n) is 13.8. The van der Waals surface area contributed by atoms with Crippen molar-refractivity contribution >= 4 is 17.8 Å². The fourth-order valence-corrected chi connectivity index (χ4v) is 2.31. The second-order valence-electron chi connectivity index (χ2n) is 5.47. The molecule has 2 aromatic heterocycles. The summed E-state index contributed by atoms with van der Waals surface area (Å²) < 4.78 is 14.5. The minimum Gasteiger partial charge on any atom is -0.307 e. The molecule has 0 aliphatic carbocycles. The van der Waals surface area contributed by atoms with Crippen LogP contribution in [-0.4, -0.2) is 25.7 Å². The van der Waals surface area contributed by atoms with E-state index >= 15 is 0 Å². The van der Waals surface area contributed by atoms with Crippen LogP contribution in [0.2, 0.25) is 0 Å². The molecule has 0 radical (unpaired) electrons. The van der Waals surface area contributed by atoms with E-state index in [-0.39, 0.29) is 11.7 Å². The molecule has 0 spiro atoms. The number of hydrogen-bond acceptors (Lipinski definition) is 4. The first-order valence-corrected chi connectivity index (χ1v) is 7.61. The molecule has 0 aliphatic rings. The smallest absolute Gasteiger partial charge is 0.249 e. The predicted octanol–water partition coefficient (Wildman–Crippen LogP) is 3.07. The average molecular weight is 337 g/mol. The summed E-state index contributed by atoms with van der Waals surface area (Å²) in [5.41, 5.74) is 2.54. The van der Waals surface area contributed by atoms with Gasteiger partial charge in [0, 0.05) is 17.8 Å². The lowest BCUT2D eigenvalue weighted by atomic mass is 10.2. The molecule has 0 saturated carbocycles. The topological polar surface area (TPSA) is 72.7 Å². The van der Waals surface area contributed by atoms with Crippen LogP contribution in [0.3, 0.4) is 0 Å². The van der Waals surface area contributed by atoms with E-state index in [1.807, 2.05) is 19.9 Å². The molecule has 1 amide bonds. The van der Waals surface area contributed by atoms with Crippen molar-refractivity contribution in [2.75, 3.05) is 5.32 Å². The molecule has 2 heterocycles. The monoisotopic (exact) mass is 337 g/mol. The van der Waals surface area contributed by atoms with Gasteiger partial charge in [-0.3, -0.25) is 4.79 Å². The summed E-state index contributed by atoms with van der Waals surface area (Å²) in [4.78, 5) is 20.2. The van der Waals surface area contributed by atoms with Gasteiger partial charge < -0.3 is 5.32 Å². The highest BCUT2D eigenvalue weighted by atomic mass is 19.1. The molecular formula is C18H16FN5O. The van der Waals surface area contributed by atoms with E-state index in [2.05, 4.69) is 20.4 Å². The van der Waals surface area contributed by atoms with Crippen LogP contribution in [0.1, 0.15) is 17.0 Å². The standard InChI is InChI=1S/C18H16FN5O/c1-12-9-13(2)24(23-12)17-10-16(20-11-21-17)22-18(25)8-5-14-3-6-15(19)7-4-14/h3-11H,1-2H3,(H,20,21,22,25). The summed E-state index contributed by atoms with van der Waals surface area (Å²) in [6, 6.07) is 9.43. The lowest BCUT2D eigenvalue weighted by Crippen LogP contribution is -2.11. The molecule has 0 fully saturated rings.